The maximum atomic E-state index is 10.8. The highest BCUT2D eigenvalue weighted by Gasteiger charge is 2.43. The number of aliphatic carboxylic acids is 1. The van der Waals surface area contributed by atoms with Crippen molar-refractivity contribution in [3.63, 3.8) is 0 Å². The van der Waals surface area contributed by atoms with Gasteiger partial charge in [-0.1, -0.05) is 12.1 Å². The number of nitrogens with zero attached hydrogens (tertiary/aromatic N) is 1. The molecule has 2 atom stereocenters. The molecule has 1 saturated carbocycles. The second-order valence-electron chi connectivity index (χ2n) is 4.74. The quantitative estimate of drug-likeness (QED) is 0.880. The third-order valence-electron chi connectivity index (χ3n) is 3.40. The summed E-state index contributed by atoms with van der Waals surface area (Å²) >= 11 is 1.49. The number of hydrogen-bond donors (Lipinski definition) is 2. The van der Waals surface area contributed by atoms with Gasteiger partial charge in [-0.3, -0.25) is 4.79 Å². The van der Waals surface area contributed by atoms with Crippen LogP contribution in [0.3, 0.4) is 0 Å². The molecular weight excluding hydrogens is 260 g/mol. The van der Waals surface area contributed by atoms with Gasteiger partial charge in [-0.05, 0) is 47.6 Å². The highest BCUT2D eigenvalue weighted by molar-refractivity contribution is 7.05. The number of rotatable bonds is 5. The zero-order valence-electron chi connectivity index (χ0n) is 10.2. The number of carbonyl (C=O) groups is 1. The zero-order chi connectivity index (χ0) is 13.2. The minimum Gasteiger partial charge on any atom is -0.481 e. The predicted octanol–water partition coefficient (Wildman–Crippen LogP) is 2.94. The van der Waals surface area contributed by atoms with Crippen LogP contribution >= 0.6 is 11.5 Å². The van der Waals surface area contributed by atoms with Gasteiger partial charge in [-0.25, -0.2) is 4.37 Å². The Labute approximate surface area is 115 Å². The molecule has 5 heteroatoms. The minimum atomic E-state index is -0.683. The van der Waals surface area contributed by atoms with Gasteiger partial charge in [0.05, 0.1) is 12.5 Å². The Morgan fingerprint density at radius 3 is 2.74 bits per heavy atom. The number of benzene rings is 1. The van der Waals surface area contributed by atoms with Crippen LogP contribution in [0.25, 0.3) is 0 Å². The van der Waals surface area contributed by atoms with Crippen molar-refractivity contribution in [1.82, 2.24) is 4.37 Å². The molecule has 0 bridgehead atoms. The van der Waals surface area contributed by atoms with Gasteiger partial charge in [-0.2, -0.15) is 0 Å². The SMILES string of the molecule is O=C(O)[C@@H]1C[C@H]1c1ccc(NCc2ccns2)cc1. The molecule has 3 rings (SSSR count). The number of aromatic nitrogens is 1. The van der Waals surface area contributed by atoms with E-state index in [4.69, 9.17) is 5.11 Å². The molecule has 0 aliphatic heterocycles. The van der Waals surface area contributed by atoms with Crippen LogP contribution in [0, 0.1) is 5.92 Å². The first-order chi connectivity index (χ1) is 9.24. The third kappa shape index (κ3) is 2.76. The van der Waals surface area contributed by atoms with Gasteiger partial charge in [0.1, 0.15) is 0 Å². The molecule has 1 aliphatic rings. The summed E-state index contributed by atoms with van der Waals surface area (Å²) in [7, 11) is 0. The van der Waals surface area contributed by atoms with Gasteiger partial charge >= 0.3 is 5.97 Å². The van der Waals surface area contributed by atoms with Crippen LogP contribution in [0.4, 0.5) is 5.69 Å². The summed E-state index contributed by atoms with van der Waals surface area (Å²) in [6, 6.07) is 10.0. The Hall–Kier alpha value is -1.88. The Morgan fingerprint density at radius 2 is 2.16 bits per heavy atom. The van der Waals surface area contributed by atoms with Crippen molar-refractivity contribution in [3.8, 4) is 0 Å². The molecule has 2 aromatic rings. The van der Waals surface area contributed by atoms with E-state index >= 15 is 0 Å². The lowest BCUT2D eigenvalue weighted by molar-refractivity contribution is -0.138. The molecular formula is C14H14N2O2S. The zero-order valence-corrected chi connectivity index (χ0v) is 11.1. The van der Waals surface area contributed by atoms with Crippen LogP contribution in [0.1, 0.15) is 22.8 Å². The standard InChI is InChI=1S/C14H14N2O2S/c17-14(18)13-7-12(13)9-1-3-10(4-2-9)15-8-11-5-6-16-19-11/h1-6,12-13,15H,7-8H2,(H,17,18)/t12-,13+/m0/s1. The molecule has 2 N–H and O–H groups in total. The molecule has 0 saturated heterocycles. The van der Waals surface area contributed by atoms with Gasteiger partial charge in [-0.15, -0.1) is 0 Å². The Kier molecular flexibility index (Phi) is 3.21. The predicted molar refractivity (Wildman–Crippen MR) is 74.4 cm³/mol. The molecule has 0 radical (unpaired) electrons. The van der Waals surface area contributed by atoms with Crippen molar-refractivity contribution in [3.05, 3.63) is 47.0 Å². The molecule has 98 valence electrons. The fraction of sp³-hybridized carbons (Fsp3) is 0.286. The van der Waals surface area contributed by atoms with Crippen LogP contribution in [0.2, 0.25) is 0 Å². The molecule has 19 heavy (non-hydrogen) atoms. The molecule has 0 unspecified atom stereocenters. The molecule has 1 aromatic carbocycles. The van der Waals surface area contributed by atoms with Crippen LogP contribution in [0.5, 0.6) is 0 Å². The van der Waals surface area contributed by atoms with E-state index in [0.29, 0.717) is 0 Å². The smallest absolute Gasteiger partial charge is 0.307 e. The largest absolute Gasteiger partial charge is 0.481 e. The average molecular weight is 274 g/mol. The topological polar surface area (TPSA) is 62.2 Å². The Balaban J connectivity index is 1.59. The summed E-state index contributed by atoms with van der Waals surface area (Å²) in [6.45, 7) is 0.769. The monoisotopic (exact) mass is 274 g/mol. The Bertz CT molecular complexity index is 566. The van der Waals surface area contributed by atoms with E-state index in [2.05, 4.69) is 9.69 Å². The first kappa shape index (κ1) is 12.2. The number of nitrogens with one attached hydrogen (secondary N) is 1. The average Bonchev–Trinajstić information content (AvgIpc) is 3.06. The number of hydrogen-bond acceptors (Lipinski definition) is 4. The number of anilines is 1. The van der Waals surface area contributed by atoms with Crippen molar-refractivity contribution in [1.29, 1.82) is 0 Å². The van der Waals surface area contributed by atoms with Crippen molar-refractivity contribution < 1.29 is 9.90 Å². The van der Waals surface area contributed by atoms with Crippen molar-refractivity contribution >= 4 is 23.2 Å². The van der Waals surface area contributed by atoms with Crippen molar-refractivity contribution in [2.45, 2.75) is 18.9 Å². The van der Waals surface area contributed by atoms with E-state index in [0.717, 1.165) is 24.2 Å². The second-order valence-corrected chi connectivity index (χ2v) is 5.66. The fourth-order valence-electron chi connectivity index (χ4n) is 2.21. The summed E-state index contributed by atoms with van der Waals surface area (Å²) in [5.41, 5.74) is 2.17. The number of carboxylic acids is 1. The van der Waals surface area contributed by atoms with Crippen molar-refractivity contribution in [2.75, 3.05) is 5.32 Å². The van der Waals surface area contributed by atoms with Gasteiger partial charge in [0.25, 0.3) is 0 Å². The van der Waals surface area contributed by atoms with Crippen LogP contribution in [0.15, 0.2) is 36.5 Å². The van der Waals surface area contributed by atoms with E-state index in [-0.39, 0.29) is 11.8 Å². The molecule has 1 fully saturated rings. The molecule has 1 aliphatic carbocycles. The lowest BCUT2D eigenvalue weighted by Gasteiger charge is -2.05. The van der Waals surface area contributed by atoms with E-state index in [1.54, 1.807) is 6.20 Å². The van der Waals surface area contributed by atoms with Crippen LogP contribution in [-0.2, 0) is 11.3 Å². The third-order valence-corrected chi connectivity index (χ3v) is 4.15. The summed E-state index contributed by atoms with van der Waals surface area (Å²) in [5.74, 6) is -0.665. The van der Waals surface area contributed by atoms with Gasteiger partial charge in [0.2, 0.25) is 0 Å². The van der Waals surface area contributed by atoms with E-state index < -0.39 is 5.97 Å². The molecule has 0 amide bonds. The lowest BCUT2D eigenvalue weighted by atomic mass is 10.1. The maximum Gasteiger partial charge on any atom is 0.307 e. The fourth-order valence-corrected chi connectivity index (χ4v) is 2.72. The van der Waals surface area contributed by atoms with Crippen LogP contribution in [-0.4, -0.2) is 15.4 Å². The molecule has 0 spiro atoms. The highest BCUT2D eigenvalue weighted by Crippen LogP contribution is 2.47. The van der Waals surface area contributed by atoms with Crippen LogP contribution < -0.4 is 5.32 Å². The van der Waals surface area contributed by atoms with E-state index in [9.17, 15) is 4.79 Å². The second kappa shape index (κ2) is 5.01. The van der Waals surface area contributed by atoms with E-state index in [1.807, 2.05) is 30.3 Å². The molecule has 4 nitrogen and oxygen atoms in total. The number of carboxylic acid groups (broad SMARTS) is 1. The lowest BCUT2D eigenvalue weighted by Crippen LogP contribution is -1.99. The van der Waals surface area contributed by atoms with Gasteiger partial charge in [0, 0.05) is 16.8 Å². The van der Waals surface area contributed by atoms with Crippen molar-refractivity contribution in [2.24, 2.45) is 5.92 Å². The molecule has 1 aromatic heterocycles. The summed E-state index contributed by atoms with van der Waals surface area (Å²) in [6.07, 6.45) is 2.56. The maximum absolute atomic E-state index is 10.8. The van der Waals surface area contributed by atoms with Gasteiger partial charge < -0.3 is 10.4 Å². The van der Waals surface area contributed by atoms with Gasteiger partial charge in [0.15, 0.2) is 0 Å². The summed E-state index contributed by atoms with van der Waals surface area (Å²) in [4.78, 5) is 12.0. The first-order valence-corrected chi connectivity index (χ1v) is 6.97. The normalized spacial score (nSPS) is 21.1. The Morgan fingerprint density at radius 1 is 1.37 bits per heavy atom. The summed E-state index contributed by atoms with van der Waals surface area (Å²) in [5, 5.41) is 12.2. The van der Waals surface area contributed by atoms with E-state index in [1.165, 1.54) is 16.4 Å². The summed E-state index contributed by atoms with van der Waals surface area (Å²) < 4.78 is 4.05. The minimum absolute atomic E-state index is 0.184. The highest BCUT2D eigenvalue weighted by atomic mass is 32.1. The molecule has 1 heterocycles. The first-order valence-electron chi connectivity index (χ1n) is 6.20.